The minimum atomic E-state index is -0.586. The number of primary amides is 1. The number of benzene rings is 1. The van der Waals surface area contributed by atoms with Crippen LogP contribution >= 0.6 is 11.3 Å². The Labute approximate surface area is 210 Å². The van der Waals surface area contributed by atoms with Crippen LogP contribution in [-0.2, 0) is 17.6 Å². The minimum absolute atomic E-state index is 0.0875. The van der Waals surface area contributed by atoms with Crippen LogP contribution in [0.5, 0.6) is 11.5 Å². The monoisotopic (exact) mass is 495 g/mol. The number of rotatable bonds is 11. The summed E-state index contributed by atoms with van der Waals surface area (Å²) in [6.07, 6.45) is 8.50. The Kier molecular flexibility index (Phi) is 9.32. The summed E-state index contributed by atoms with van der Waals surface area (Å²) in [6.45, 7) is 4.93. The van der Waals surface area contributed by atoms with Gasteiger partial charge in [-0.15, -0.1) is 11.3 Å². The van der Waals surface area contributed by atoms with Gasteiger partial charge >= 0.3 is 0 Å². The number of anilines is 1. The van der Waals surface area contributed by atoms with E-state index in [0.717, 1.165) is 49.0 Å². The number of nitrogens with two attached hydrogens (primary N) is 1. The maximum Gasteiger partial charge on any atom is 0.266 e. The van der Waals surface area contributed by atoms with Gasteiger partial charge in [0.05, 0.1) is 19.3 Å². The standard InChI is InChI=1S/C27H33N3O4S/c1-4-5-6-7-12-34-21-11-9-18(15-22(21)33-3)14-19(16-28)26(32)30-27-24(25(29)31)20-10-8-17(2)13-23(20)35-27/h9,11,14-15,17H,4-8,10,12-13H2,1-3H3,(H2,29,31)(H,30,32)/b19-14-. The molecule has 0 fully saturated rings. The van der Waals surface area contributed by atoms with Gasteiger partial charge in [-0.2, -0.15) is 5.26 Å². The molecule has 1 unspecified atom stereocenters. The molecule has 0 radical (unpaired) electrons. The van der Waals surface area contributed by atoms with E-state index in [9.17, 15) is 14.9 Å². The van der Waals surface area contributed by atoms with Crippen LogP contribution in [0.1, 0.15) is 72.3 Å². The summed E-state index contributed by atoms with van der Waals surface area (Å²) >= 11 is 1.37. The fraction of sp³-hybridized carbons (Fsp3) is 0.444. The first-order chi connectivity index (χ1) is 16.9. The molecule has 1 atom stereocenters. The zero-order valence-electron chi connectivity index (χ0n) is 20.6. The molecule has 1 aliphatic rings. The number of amides is 2. The summed E-state index contributed by atoms with van der Waals surface area (Å²) in [5.41, 5.74) is 7.47. The minimum Gasteiger partial charge on any atom is -0.493 e. The van der Waals surface area contributed by atoms with E-state index in [0.29, 0.717) is 40.2 Å². The van der Waals surface area contributed by atoms with Gasteiger partial charge in [0.2, 0.25) is 0 Å². The number of fused-ring (bicyclic) bond motifs is 1. The number of methoxy groups -OCH3 is 1. The highest BCUT2D eigenvalue weighted by Gasteiger charge is 2.27. The molecule has 2 amide bonds. The average Bonchev–Trinajstić information content (AvgIpc) is 3.19. The van der Waals surface area contributed by atoms with E-state index in [4.69, 9.17) is 15.2 Å². The number of ether oxygens (including phenoxy) is 2. The van der Waals surface area contributed by atoms with Crippen molar-refractivity contribution >= 4 is 34.2 Å². The van der Waals surface area contributed by atoms with E-state index in [1.165, 1.54) is 23.8 Å². The summed E-state index contributed by atoms with van der Waals surface area (Å²) < 4.78 is 11.3. The fourth-order valence-corrected chi connectivity index (χ4v) is 5.60. The first kappa shape index (κ1) is 26.3. The third kappa shape index (κ3) is 6.64. The Balaban J connectivity index is 1.77. The predicted molar refractivity (Wildman–Crippen MR) is 139 cm³/mol. The van der Waals surface area contributed by atoms with E-state index >= 15 is 0 Å². The zero-order chi connectivity index (χ0) is 25.4. The van der Waals surface area contributed by atoms with E-state index in [1.54, 1.807) is 25.3 Å². The van der Waals surface area contributed by atoms with Crippen molar-refractivity contribution in [2.75, 3.05) is 19.0 Å². The van der Waals surface area contributed by atoms with Gasteiger partial charge < -0.3 is 20.5 Å². The molecule has 0 saturated carbocycles. The highest BCUT2D eigenvalue weighted by molar-refractivity contribution is 7.17. The van der Waals surface area contributed by atoms with Gasteiger partial charge in [0.15, 0.2) is 11.5 Å². The van der Waals surface area contributed by atoms with Crippen LogP contribution in [0, 0.1) is 17.2 Å². The summed E-state index contributed by atoms with van der Waals surface area (Å²) in [4.78, 5) is 26.2. The number of carbonyl (C=O) groups excluding carboxylic acids is 2. The Morgan fingerprint density at radius 1 is 1.29 bits per heavy atom. The summed E-state index contributed by atoms with van der Waals surface area (Å²) in [5.74, 6) is 0.511. The SMILES string of the molecule is CCCCCCOc1ccc(/C=C(/C#N)C(=O)Nc2sc3c(c2C(N)=O)CCC(C)C3)cc1OC. The Morgan fingerprint density at radius 2 is 2.09 bits per heavy atom. The zero-order valence-corrected chi connectivity index (χ0v) is 21.4. The molecule has 35 heavy (non-hydrogen) atoms. The Morgan fingerprint density at radius 3 is 2.77 bits per heavy atom. The third-order valence-corrected chi connectivity index (χ3v) is 7.27. The molecular weight excluding hydrogens is 462 g/mol. The van der Waals surface area contributed by atoms with Crippen LogP contribution in [0.3, 0.4) is 0 Å². The largest absolute Gasteiger partial charge is 0.493 e. The molecule has 0 spiro atoms. The number of nitrogens with one attached hydrogen (secondary N) is 1. The maximum atomic E-state index is 12.9. The molecule has 3 N–H and O–H groups in total. The van der Waals surface area contributed by atoms with Crippen LogP contribution in [0.2, 0.25) is 0 Å². The lowest BCUT2D eigenvalue weighted by Crippen LogP contribution is -2.19. The van der Waals surface area contributed by atoms with Crippen molar-refractivity contribution < 1.29 is 19.1 Å². The van der Waals surface area contributed by atoms with Crippen molar-refractivity contribution in [1.82, 2.24) is 0 Å². The van der Waals surface area contributed by atoms with Gasteiger partial charge in [0.25, 0.3) is 11.8 Å². The molecule has 8 heteroatoms. The molecule has 3 rings (SSSR count). The van der Waals surface area contributed by atoms with Crippen LogP contribution in [0.15, 0.2) is 23.8 Å². The second-order valence-corrected chi connectivity index (χ2v) is 9.97. The maximum absolute atomic E-state index is 12.9. The molecule has 186 valence electrons. The van der Waals surface area contributed by atoms with Gasteiger partial charge in [0, 0.05) is 4.88 Å². The summed E-state index contributed by atoms with van der Waals surface area (Å²) in [7, 11) is 1.55. The molecule has 1 aromatic heterocycles. The molecule has 2 aromatic rings. The van der Waals surface area contributed by atoms with E-state index in [-0.39, 0.29) is 5.57 Å². The number of hydrogen-bond acceptors (Lipinski definition) is 6. The van der Waals surface area contributed by atoms with Gasteiger partial charge in [-0.3, -0.25) is 9.59 Å². The topological polar surface area (TPSA) is 114 Å². The molecule has 1 aliphatic carbocycles. The van der Waals surface area contributed by atoms with Crippen LogP contribution in [0.25, 0.3) is 6.08 Å². The van der Waals surface area contributed by atoms with E-state index in [1.807, 2.05) is 6.07 Å². The van der Waals surface area contributed by atoms with Crippen LogP contribution in [0.4, 0.5) is 5.00 Å². The lowest BCUT2D eigenvalue weighted by atomic mass is 9.88. The number of thiophene rings is 1. The third-order valence-electron chi connectivity index (χ3n) is 6.10. The molecule has 7 nitrogen and oxygen atoms in total. The lowest BCUT2D eigenvalue weighted by Gasteiger charge is -2.18. The van der Waals surface area contributed by atoms with E-state index in [2.05, 4.69) is 19.2 Å². The van der Waals surface area contributed by atoms with Crippen molar-refractivity contribution in [3.8, 4) is 17.6 Å². The highest BCUT2D eigenvalue weighted by atomic mass is 32.1. The van der Waals surface area contributed by atoms with Crippen molar-refractivity contribution in [1.29, 1.82) is 5.26 Å². The second kappa shape index (κ2) is 12.4. The molecule has 1 heterocycles. The summed E-state index contributed by atoms with van der Waals surface area (Å²) in [6, 6.07) is 7.23. The van der Waals surface area contributed by atoms with Gasteiger partial charge in [0.1, 0.15) is 16.6 Å². The average molecular weight is 496 g/mol. The highest BCUT2D eigenvalue weighted by Crippen LogP contribution is 2.39. The normalized spacial score (nSPS) is 15.1. The second-order valence-electron chi connectivity index (χ2n) is 8.86. The fourth-order valence-electron chi connectivity index (χ4n) is 4.19. The van der Waals surface area contributed by atoms with Gasteiger partial charge in [-0.1, -0.05) is 39.2 Å². The smallest absolute Gasteiger partial charge is 0.266 e. The van der Waals surface area contributed by atoms with Crippen LogP contribution < -0.4 is 20.5 Å². The Hall–Kier alpha value is -3.31. The molecular formula is C27H33N3O4S. The first-order valence-corrected chi connectivity index (χ1v) is 12.9. The molecule has 0 bridgehead atoms. The predicted octanol–water partition coefficient (Wildman–Crippen LogP) is 5.49. The first-order valence-electron chi connectivity index (χ1n) is 12.1. The molecule has 0 aliphatic heterocycles. The van der Waals surface area contributed by atoms with Crippen molar-refractivity contribution in [3.05, 3.63) is 45.3 Å². The lowest BCUT2D eigenvalue weighted by molar-refractivity contribution is -0.112. The Bertz CT molecular complexity index is 1150. The quantitative estimate of drug-likeness (QED) is 0.243. The number of carbonyl (C=O) groups is 2. The van der Waals surface area contributed by atoms with Crippen molar-refractivity contribution in [3.63, 3.8) is 0 Å². The molecule has 1 aromatic carbocycles. The van der Waals surface area contributed by atoms with Crippen molar-refractivity contribution in [2.45, 2.75) is 58.8 Å². The van der Waals surface area contributed by atoms with Gasteiger partial charge in [-0.25, -0.2) is 0 Å². The van der Waals surface area contributed by atoms with Crippen LogP contribution in [-0.4, -0.2) is 25.5 Å². The molecule has 0 saturated heterocycles. The number of nitrogens with zero attached hydrogens (tertiary/aromatic N) is 1. The number of hydrogen-bond donors (Lipinski definition) is 2. The van der Waals surface area contributed by atoms with Crippen molar-refractivity contribution in [2.24, 2.45) is 11.7 Å². The number of nitriles is 1. The summed E-state index contributed by atoms with van der Waals surface area (Å²) in [5, 5.41) is 12.8. The van der Waals surface area contributed by atoms with E-state index < -0.39 is 11.8 Å². The van der Waals surface area contributed by atoms with Gasteiger partial charge in [-0.05, 0) is 60.9 Å². The number of unbranched alkanes of at least 4 members (excludes halogenated alkanes) is 3.